The molecule has 3 rings (SSSR count). The Morgan fingerprint density at radius 3 is 2.73 bits per heavy atom. The molecule has 1 fully saturated rings. The number of rotatable bonds is 9. The second-order valence-electron chi connectivity index (χ2n) is 8.10. The summed E-state index contributed by atoms with van der Waals surface area (Å²) in [7, 11) is -1.14. The minimum atomic E-state index is -2.76. The van der Waals surface area contributed by atoms with Gasteiger partial charge in [-0.3, -0.25) is 9.11 Å². The average Bonchev–Trinajstić information content (AvgIpc) is 2.76. The first kappa shape index (κ1) is 25.2. The number of aromatic nitrogens is 2. The van der Waals surface area contributed by atoms with Crippen molar-refractivity contribution in [2.45, 2.75) is 25.1 Å². The third kappa shape index (κ3) is 7.83. The molecule has 1 aromatic carbocycles. The maximum absolute atomic E-state index is 12.0. The van der Waals surface area contributed by atoms with E-state index in [1.807, 2.05) is 18.2 Å². The van der Waals surface area contributed by atoms with Gasteiger partial charge >= 0.3 is 6.03 Å². The van der Waals surface area contributed by atoms with Crippen LogP contribution in [-0.2, 0) is 15.2 Å². The summed E-state index contributed by atoms with van der Waals surface area (Å²) < 4.78 is 30.5. The van der Waals surface area contributed by atoms with E-state index in [0.29, 0.717) is 50.1 Å². The van der Waals surface area contributed by atoms with Crippen molar-refractivity contribution < 1.29 is 23.4 Å². The monoisotopic (exact) mass is 479 g/mol. The summed E-state index contributed by atoms with van der Waals surface area (Å²) in [6.45, 7) is 5.09. The standard InChI is InChI=1S/C22H33N5O5S/c1-16-14-32-12-10-27(16)20-13-19(15-33(3,29)30)24-21(26-20)17-5-7-18(8-6-17)25-22(28)23-9-4-11-31-2/h5-8,13,16,29-30H,4,9-12,14-15H2,1-3H3,(H2,23,25,28)/t16-/m0/s1. The van der Waals surface area contributed by atoms with Gasteiger partial charge in [0, 0.05) is 50.4 Å². The number of benzene rings is 1. The first-order valence-electron chi connectivity index (χ1n) is 10.8. The molecule has 1 aromatic heterocycles. The summed E-state index contributed by atoms with van der Waals surface area (Å²) in [5, 5.41) is 5.57. The summed E-state index contributed by atoms with van der Waals surface area (Å²) in [6.07, 6.45) is 2.15. The summed E-state index contributed by atoms with van der Waals surface area (Å²) in [6, 6.07) is 8.90. The fourth-order valence-corrected chi connectivity index (χ4v) is 4.19. The quantitative estimate of drug-likeness (QED) is 0.403. The summed E-state index contributed by atoms with van der Waals surface area (Å²) >= 11 is 0. The molecule has 2 amide bonds. The average molecular weight is 480 g/mol. The summed E-state index contributed by atoms with van der Waals surface area (Å²) in [5.74, 6) is 1.27. The number of amides is 2. The highest BCUT2D eigenvalue weighted by molar-refractivity contribution is 8.23. The lowest BCUT2D eigenvalue weighted by atomic mass is 10.2. The molecule has 1 atom stereocenters. The van der Waals surface area contributed by atoms with E-state index in [1.54, 1.807) is 19.2 Å². The van der Waals surface area contributed by atoms with Gasteiger partial charge in [0.05, 0.1) is 30.7 Å². The number of methoxy groups -OCH3 is 1. The van der Waals surface area contributed by atoms with E-state index in [1.165, 1.54) is 6.26 Å². The Labute approximate surface area is 196 Å². The van der Waals surface area contributed by atoms with Crippen molar-refractivity contribution in [3.63, 3.8) is 0 Å². The molecule has 0 aliphatic carbocycles. The second-order valence-corrected chi connectivity index (χ2v) is 10.4. The van der Waals surface area contributed by atoms with E-state index in [2.05, 4.69) is 27.4 Å². The highest BCUT2D eigenvalue weighted by atomic mass is 32.3. The maximum Gasteiger partial charge on any atom is 0.319 e. The van der Waals surface area contributed by atoms with Gasteiger partial charge < -0.3 is 25.0 Å². The van der Waals surface area contributed by atoms with Gasteiger partial charge in [-0.15, -0.1) is 0 Å². The van der Waals surface area contributed by atoms with Gasteiger partial charge in [0.1, 0.15) is 5.82 Å². The van der Waals surface area contributed by atoms with Crippen LogP contribution in [0.15, 0.2) is 30.3 Å². The summed E-state index contributed by atoms with van der Waals surface area (Å²) in [4.78, 5) is 23.5. The van der Waals surface area contributed by atoms with E-state index in [4.69, 9.17) is 14.5 Å². The molecule has 0 bridgehead atoms. The van der Waals surface area contributed by atoms with Crippen molar-refractivity contribution in [3.8, 4) is 11.4 Å². The fourth-order valence-electron chi connectivity index (χ4n) is 3.48. The molecule has 33 heavy (non-hydrogen) atoms. The lowest BCUT2D eigenvalue weighted by Crippen LogP contribution is -2.44. The van der Waals surface area contributed by atoms with Crippen LogP contribution in [0.5, 0.6) is 0 Å². The molecule has 0 spiro atoms. The fraction of sp³-hybridized carbons (Fsp3) is 0.500. The highest BCUT2D eigenvalue weighted by Gasteiger charge is 2.22. The van der Waals surface area contributed by atoms with Gasteiger partial charge in [0.25, 0.3) is 0 Å². The lowest BCUT2D eigenvalue weighted by Gasteiger charge is -2.35. The van der Waals surface area contributed by atoms with Crippen molar-refractivity contribution in [2.75, 3.05) is 56.5 Å². The largest absolute Gasteiger partial charge is 0.385 e. The topological polar surface area (TPSA) is 129 Å². The van der Waals surface area contributed by atoms with Gasteiger partial charge in [0.15, 0.2) is 5.82 Å². The Bertz CT molecular complexity index is 922. The molecule has 4 N–H and O–H groups in total. The molecule has 11 heteroatoms. The Morgan fingerprint density at radius 1 is 1.30 bits per heavy atom. The van der Waals surface area contributed by atoms with Crippen LogP contribution in [0, 0.1) is 0 Å². The highest BCUT2D eigenvalue weighted by Crippen LogP contribution is 2.38. The molecule has 2 heterocycles. The molecule has 2 aromatic rings. The zero-order valence-corrected chi connectivity index (χ0v) is 20.1. The number of nitrogens with one attached hydrogen (secondary N) is 2. The Morgan fingerprint density at radius 2 is 2.06 bits per heavy atom. The van der Waals surface area contributed by atoms with Crippen LogP contribution in [0.1, 0.15) is 19.0 Å². The van der Waals surface area contributed by atoms with Crippen molar-refractivity contribution in [3.05, 3.63) is 36.0 Å². The van der Waals surface area contributed by atoms with Crippen LogP contribution < -0.4 is 15.5 Å². The second kappa shape index (κ2) is 11.6. The van der Waals surface area contributed by atoms with Gasteiger partial charge in [-0.2, -0.15) is 10.6 Å². The summed E-state index contributed by atoms with van der Waals surface area (Å²) in [5.41, 5.74) is 1.97. The normalized spacial score (nSPS) is 17.0. The lowest BCUT2D eigenvalue weighted by molar-refractivity contribution is 0.0985. The van der Waals surface area contributed by atoms with Gasteiger partial charge in [-0.1, -0.05) is 0 Å². The van der Waals surface area contributed by atoms with Gasteiger partial charge in [-0.05, 0) is 37.6 Å². The van der Waals surface area contributed by atoms with Crippen LogP contribution >= 0.6 is 10.6 Å². The van der Waals surface area contributed by atoms with Crippen LogP contribution in [0.2, 0.25) is 0 Å². The van der Waals surface area contributed by atoms with Crippen molar-refractivity contribution >= 4 is 28.1 Å². The van der Waals surface area contributed by atoms with Gasteiger partial charge in [-0.25, -0.2) is 14.8 Å². The Hall–Kier alpha value is -2.44. The Kier molecular flexibility index (Phi) is 8.87. The van der Waals surface area contributed by atoms with Crippen LogP contribution in [-0.4, -0.2) is 77.4 Å². The number of carbonyl (C=O) groups excluding carboxylic acids is 1. The van der Waals surface area contributed by atoms with E-state index >= 15 is 0 Å². The van der Waals surface area contributed by atoms with Crippen molar-refractivity contribution in [1.82, 2.24) is 15.3 Å². The molecule has 0 unspecified atom stereocenters. The smallest absolute Gasteiger partial charge is 0.319 e. The molecule has 1 aliphatic heterocycles. The molecule has 0 radical (unpaired) electrons. The molecule has 1 aliphatic rings. The number of hydrogen-bond donors (Lipinski definition) is 4. The SMILES string of the molecule is COCCCNC(=O)Nc1ccc(-c2nc(CS(C)(O)O)cc(N3CCOC[C@@H]3C)n2)cc1. The molecule has 182 valence electrons. The predicted molar refractivity (Wildman–Crippen MR) is 131 cm³/mol. The Balaban J connectivity index is 1.78. The number of hydrogen-bond acceptors (Lipinski definition) is 8. The van der Waals surface area contributed by atoms with Crippen LogP contribution in [0.25, 0.3) is 11.4 Å². The minimum absolute atomic E-state index is 0.0527. The number of carbonyl (C=O) groups is 1. The third-order valence-electron chi connectivity index (χ3n) is 5.06. The maximum atomic E-state index is 12.0. The molecule has 10 nitrogen and oxygen atoms in total. The van der Waals surface area contributed by atoms with Crippen molar-refractivity contribution in [1.29, 1.82) is 0 Å². The van der Waals surface area contributed by atoms with E-state index in [9.17, 15) is 13.9 Å². The number of ether oxygens (including phenoxy) is 2. The van der Waals surface area contributed by atoms with E-state index < -0.39 is 10.6 Å². The van der Waals surface area contributed by atoms with E-state index in [0.717, 1.165) is 17.8 Å². The first-order chi connectivity index (χ1) is 15.7. The van der Waals surface area contributed by atoms with Crippen LogP contribution in [0.4, 0.5) is 16.3 Å². The van der Waals surface area contributed by atoms with Crippen LogP contribution in [0.3, 0.4) is 0 Å². The number of anilines is 2. The molecular weight excluding hydrogens is 446 g/mol. The zero-order valence-electron chi connectivity index (χ0n) is 19.3. The predicted octanol–water partition coefficient (Wildman–Crippen LogP) is 3.41. The number of morpholine rings is 1. The molecular formula is C22H33N5O5S. The molecule has 0 saturated carbocycles. The number of urea groups is 1. The molecule has 1 saturated heterocycles. The minimum Gasteiger partial charge on any atom is -0.385 e. The van der Waals surface area contributed by atoms with Gasteiger partial charge in [0.2, 0.25) is 0 Å². The number of nitrogens with zero attached hydrogens (tertiary/aromatic N) is 3. The third-order valence-corrected chi connectivity index (χ3v) is 5.90. The zero-order chi connectivity index (χ0) is 23.8. The van der Waals surface area contributed by atoms with Crippen molar-refractivity contribution in [2.24, 2.45) is 0 Å². The first-order valence-corrected chi connectivity index (χ1v) is 12.9. The van der Waals surface area contributed by atoms with E-state index in [-0.39, 0.29) is 17.8 Å².